The van der Waals surface area contributed by atoms with E-state index in [-0.39, 0.29) is 30.2 Å². The first kappa shape index (κ1) is 25.9. The predicted molar refractivity (Wildman–Crippen MR) is 152 cm³/mol. The smallest absolute Gasteiger partial charge is 0.226 e. The fourth-order valence-electron chi connectivity index (χ4n) is 5.06. The zero-order chi connectivity index (χ0) is 26.8. The normalized spacial score (nSPS) is 16.9. The number of amides is 1. The third kappa shape index (κ3) is 5.28. The minimum atomic E-state index is -0.352. The Morgan fingerprint density at radius 1 is 1.11 bits per heavy atom. The molecule has 1 fully saturated rings. The Bertz CT molecular complexity index is 1470. The number of halogens is 2. The molecule has 0 unspecified atom stereocenters. The molecular weight excluding hydrogens is 521 g/mol. The van der Waals surface area contributed by atoms with Crippen LogP contribution in [0.25, 0.3) is 5.69 Å². The van der Waals surface area contributed by atoms with Crippen molar-refractivity contribution in [2.45, 2.75) is 32.4 Å². The molecule has 2 aromatic heterocycles. The van der Waals surface area contributed by atoms with Crippen LogP contribution in [0.4, 0.5) is 10.1 Å². The number of aromatic nitrogens is 2. The van der Waals surface area contributed by atoms with Gasteiger partial charge in [0, 0.05) is 46.9 Å². The average molecular weight is 548 g/mol. The van der Waals surface area contributed by atoms with Crippen molar-refractivity contribution >= 4 is 40.5 Å². The van der Waals surface area contributed by atoms with E-state index in [1.165, 1.54) is 12.1 Å². The molecule has 4 aromatic rings. The topological polar surface area (TPSA) is 62.2 Å². The lowest BCUT2D eigenvalue weighted by molar-refractivity contribution is -0.116. The Balaban J connectivity index is 1.46. The molecule has 1 saturated heterocycles. The maximum Gasteiger partial charge on any atom is 0.226 e. The first-order valence-electron chi connectivity index (χ1n) is 12.3. The van der Waals surface area contributed by atoms with Crippen molar-refractivity contribution in [2.24, 2.45) is 0 Å². The fourth-order valence-corrected chi connectivity index (χ4v) is 5.58. The van der Waals surface area contributed by atoms with E-state index in [4.69, 9.17) is 23.8 Å². The summed E-state index contributed by atoms with van der Waals surface area (Å²) in [6, 6.07) is 21.1. The standard InChI is InChI=1S/C29H27ClFN5OS/c1-18-16-24(19(2)36(18)23-7-5-6-20(30)17-23)28-27(25-8-3-4-14-32-25)34-29(38)35(28)15-13-26(37)33-22-11-9-21(31)10-12-22/h3-12,14,16-17,27-28H,13,15H2,1-2H3,(H,33,37)(H,34,38)/t27-,28-/m1/s1. The van der Waals surface area contributed by atoms with Crippen molar-refractivity contribution in [3.05, 3.63) is 112 Å². The lowest BCUT2D eigenvalue weighted by Gasteiger charge is -2.28. The number of anilines is 1. The lowest BCUT2D eigenvalue weighted by atomic mass is 9.96. The van der Waals surface area contributed by atoms with E-state index in [0.29, 0.717) is 22.4 Å². The minimum absolute atomic E-state index is 0.177. The second-order valence-electron chi connectivity index (χ2n) is 9.27. The van der Waals surface area contributed by atoms with Crippen molar-refractivity contribution in [2.75, 3.05) is 11.9 Å². The van der Waals surface area contributed by atoms with Crippen LogP contribution in [0.2, 0.25) is 5.02 Å². The van der Waals surface area contributed by atoms with E-state index in [1.54, 1.807) is 18.3 Å². The number of carbonyl (C=O) groups excluding carboxylic acids is 1. The summed E-state index contributed by atoms with van der Waals surface area (Å²) in [7, 11) is 0. The van der Waals surface area contributed by atoms with Gasteiger partial charge >= 0.3 is 0 Å². The van der Waals surface area contributed by atoms with E-state index in [2.05, 4.69) is 45.0 Å². The molecule has 1 aliphatic heterocycles. The highest BCUT2D eigenvalue weighted by Gasteiger charge is 2.41. The first-order chi connectivity index (χ1) is 18.3. The molecule has 2 aromatic carbocycles. The summed E-state index contributed by atoms with van der Waals surface area (Å²) in [5, 5.41) is 7.51. The van der Waals surface area contributed by atoms with E-state index in [1.807, 2.05) is 42.5 Å². The average Bonchev–Trinajstić information content (AvgIpc) is 3.39. The largest absolute Gasteiger partial charge is 0.352 e. The number of carbonyl (C=O) groups is 1. The highest BCUT2D eigenvalue weighted by molar-refractivity contribution is 7.80. The SMILES string of the molecule is Cc1cc([C@@H]2[C@@H](c3ccccn3)NC(=S)N2CCC(=O)Nc2ccc(F)cc2)c(C)n1-c1cccc(Cl)c1. The van der Waals surface area contributed by atoms with Crippen molar-refractivity contribution in [3.8, 4) is 5.69 Å². The summed E-state index contributed by atoms with van der Waals surface area (Å²) in [5.74, 6) is -0.529. The maximum atomic E-state index is 13.2. The predicted octanol–water partition coefficient (Wildman–Crippen LogP) is 6.28. The van der Waals surface area contributed by atoms with Gasteiger partial charge in [0.1, 0.15) is 5.82 Å². The van der Waals surface area contributed by atoms with Gasteiger partial charge < -0.3 is 20.1 Å². The number of nitrogens with zero attached hydrogens (tertiary/aromatic N) is 3. The highest BCUT2D eigenvalue weighted by Crippen LogP contribution is 2.41. The lowest BCUT2D eigenvalue weighted by Crippen LogP contribution is -2.32. The number of aryl methyl sites for hydroxylation is 1. The van der Waals surface area contributed by atoms with Gasteiger partial charge in [-0.1, -0.05) is 23.7 Å². The van der Waals surface area contributed by atoms with Crippen LogP contribution < -0.4 is 10.6 Å². The molecule has 0 spiro atoms. The third-order valence-corrected chi connectivity index (χ3v) is 7.35. The molecule has 0 saturated carbocycles. The van der Waals surface area contributed by atoms with Gasteiger partial charge in [0.2, 0.25) is 5.91 Å². The Morgan fingerprint density at radius 3 is 2.61 bits per heavy atom. The maximum absolute atomic E-state index is 13.2. The molecule has 38 heavy (non-hydrogen) atoms. The molecule has 0 bridgehead atoms. The third-order valence-electron chi connectivity index (χ3n) is 6.76. The summed E-state index contributed by atoms with van der Waals surface area (Å²) >= 11 is 12.1. The van der Waals surface area contributed by atoms with Crippen LogP contribution in [0, 0.1) is 19.7 Å². The van der Waals surface area contributed by atoms with Gasteiger partial charge in [-0.15, -0.1) is 0 Å². The van der Waals surface area contributed by atoms with Gasteiger partial charge in [-0.2, -0.15) is 0 Å². The Labute approximate surface area is 231 Å². The van der Waals surface area contributed by atoms with Crippen LogP contribution in [-0.2, 0) is 4.79 Å². The molecule has 0 radical (unpaired) electrons. The highest BCUT2D eigenvalue weighted by atomic mass is 35.5. The zero-order valence-corrected chi connectivity index (χ0v) is 22.6. The molecule has 194 valence electrons. The van der Waals surface area contributed by atoms with Crippen LogP contribution >= 0.6 is 23.8 Å². The Hall–Kier alpha value is -3.75. The van der Waals surface area contributed by atoms with Crippen molar-refractivity contribution in [1.82, 2.24) is 19.8 Å². The molecule has 0 aliphatic carbocycles. The summed E-state index contributed by atoms with van der Waals surface area (Å²) in [5.41, 5.74) is 5.60. The van der Waals surface area contributed by atoms with Gasteiger partial charge in [-0.3, -0.25) is 9.78 Å². The van der Waals surface area contributed by atoms with Crippen LogP contribution in [0.3, 0.4) is 0 Å². The van der Waals surface area contributed by atoms with Gasteiger partial charge in [0.25, 0.3) is 0 Å². The second-order valence-corrected chi connectivity index (χ2v) is 10.1. The van der Waals surface area contributed by atoms with Crippen LogP contribution in [0.5, 0.6) is 0 Å². The summed E-state index contributed by atoms with van der Waals surface area (Å²) in [6.07, 6.45) is 1.98. The number of rotatable bonds is 7. The Kier molecular flexibility index (Phi) is 7.44. The van der Waals surface area contributed by atoms with Gasteiger partial charge in [0.05, 0.1) is 17.8 Å². The number of benzene rings is 2. The number of nitrogens with one attached hydrogen (secondary N) is 2. The number of hydrogen-bond donors (Lipinski definition) is 2. The quantitative estimate of drug-likeness (QED) is 0.267. The molecule has 1 amide bonds. The van der Waals surface area contributed by atoms with Crippen LogP contribution in [0.1, 0.15) is 41.1 Å². The van der Waals surface area contributed by atoms with E-state index in [9.17, 15) is 9.18 Å². The molecule has 6 nitrogen and oxygen atoms in total. The molecule has 2 N–H and O–H groups in total. The molecule has 9 heteroatoms. The molecule has 1 aliphatic rings. The molecule has 2 atom stereocenters. The van der Waals surface area contributed by atoms with Crippen LogP contribution in [0.15, 0.2) is 79.0 Å². The summed E-state index contributed by atoms with van der Waals surface area (Å²) < 4.78 is 15.4. The number of thiocarbonyl (C=S) groups is 1. The molecular formula is C29H27ClFN5OS. The Morgan fingerprint density at radius 2 is 1.89 bits per heavy atom. The number of pyridine rings is 1. The van der Waals surface area contributed by atoms with Gasteiger partial charge in [-0.25, -0.2) is 4.39 Å². The molecule has 3 heterocycles. The first-order valence-corrected chi connectivity index (χ1v) is 13.1. The van der Waals surface area contributed by atoms with E-state index < -0.39 is 0 Å². The van der Waals surface area contributed by atoms with Crippen molar-refractivity contribution in [1.29, 1.82) is 0 Å². The summed E-state index contributed by atoms with van der Waals surface area (Å²) in [4.78, 5) is 19.4. The van der Waals surface area contributed by atoms with Gasteiger partial charge in [0.15, 0.2) is 5.11 Å². The van der Waals surface area contributed by atoms with Crippen molar-refractivity contribution in [3.63, 3.8) is 0 Å². The fraction of sp³-hybridized carbons (Fsp3) is 0.207. The van der Waals surface area contributed by atoms with E-state index in [0.717, 1.165) is 28.3 Å². The number of hydrogen-bond acceptors (Lipinski definition) is 3. The van der Waals surface area contributed by atoms with E-state index >= 15 is 0 Å². The second kappa shape index (κ2) is 10.9. The summed E-state index contributed by atoms with van der Waals surface area (Å²) in [6.45, 7) is 4.54. The monoisotopic (exact) mass is 547 g/mol. The minimum Gasteiger partial charge on any atom is -0.352 e. The van der Waals surface area contributed by atoms with Crippen molar-refractivity contribution < 1.29 is 9.18 Å². The van der Waals surface area contributed by atoms with Crippen LogP contribution in [-0.4, -0.2) is 32.0 Å². The zero-order valence-electron chi connectivity index (χ0n) is 21.0. The van der Waals surface area contributed by atoms with Gasteiger partial charge in [-0.05, 0) is 92.3 Å². The molecule has 5 rings (SSSR count).